The third kappa shape index (κ3) is 3.71. The standard InChI is InChI=1S/C20H20N4O4/c1-4-24-11-16(17(25)15-10-5-12(2)21-18(15)24)20(27)23-22-19(26)13-6-8-14(28-3)9-7-13/h5-11H,4H2,1-3H3,(H,22,26)(H,23,27). The van der Waals surface area contributed by atoms with Crippen molar-refractivity contribution in [2.75, 3.05) is 7.11 Å². The summed E-state index contributed by atoms with van der Waals surface area (Å²) in [6.07, 6.45) is 1.45. The van der Waals surface area contributed by atoms with Gasteiger partial charge >= 0.3 is 0 Å². The minimum Gasteiger partial charge on any atom is -0.497 e. The van der Waals surface area contributed by atoms with Crippen LogP contribution in [-0.2, 0) is 6.54 Å². The number of nitrogens with one attached hydrogen (secondary N) is 2. The van der Waals surface area contributed by atoms with Crippen LogP contribution in [0.4, 0.5) is 0 Å². The lowest BCUT2D eigenvalue weighted by atomic mass is 10.1. The summed E-state index contributed by atoms with van der Waals surface area (Å²) in [4.78, 5) is 41.8. The van der Waals surface area contributed by atoms with Gasteiger partial charge in [-0.25, -0.2) is 4.98 Å². The molecule has 8 nitrogen and oxygen atoms in total. The van der Waals surface area contributed by atoms with Crippen molar-refractivity contribution >= 4 is 22.8 Å². The van der Waals surface area contributed by atoms with Crippen LogP contribution >= 0.6 is 0 Å². The molecule has 3 rings (SSSR count). The van der Waals surface area contributed by atoms with Crippen LogP contribution in [0, 0.1) is 6.92 Å². The molecule has 2 amide bonds. The summed E-state index contributed by atoms with van der Waals surface area (Å²) in [6.45, 7) is 4.26. The molecule has 0 spiro atoms. The van der Waals surface area contributed by atoms with E-state index < -0.39 is 17.2 Å². The van der Waals surface area contributed by atoms with Crippen LogP contribution in [0.1, 0.15) is 33.3 Å². The summed E-state index contributed by atoms with van der Waals surface area (Å²) >= 11 is 0. The molecule has 144 valence electrons. The molecule has 0 bridgehead atoms. The Morgan fingerprint density at radius 1 is 1.07 bits per heavy atom. The van der Waals surface area contributed by atoms with Crippen LogP contribution in [0.15, 0.2) is 47.4 Å². The van der Waals surface area contributed by atoms with E-state index in [-0.39, 0.29) is 5.56 Å². The number of nitrogens with zero attached hydrogens (tertiary/aromatic N) is 2. The third-order valence-corrected chi connectivity index (χ3v) is 4.29. The number of ether oxygens (including phenoxy) is 1. The number of amides is 2. The van der Waals surface area contributed by atoms with Gasteiger partial charge in [0.2, 0.25) is 5.43 Å². The van der Waals surface area contributed by atoms with Crippen molar-refractivity contribution in [2.45, 2.75) is 20.4 Å². The van der Waals surface area contributed by atoms with Crippen molar-refractivity contribution in [3.05, 3.63) is 69.6 Å². The quantitative estimate of drug-likeness (QED) is 0.672. The Bertz CT molecular complexity index is 1100. The first-order chi connectivity index (χ1) is 13.4. The second kappa shape index (κ2) is 7.91. The van der Waals surface area contributed by atoms with E-state index >= 15 is 0 Å². The first-order valence-corrected chi connectivity index (χ1v) is 8.70. The first kappa shape index (κ1) is 19.1. The molecular formula is C20H20N4O4. The highest BCUT2D eigenvalue weighted by Crippen LogP contribution is 2.12. The number of hydrazine groups is 1. The van der Waals surface area contributed by atoms with Gasteiger partial charge in [-0.15, -0.1) is 0 Å². The minimum absolute atomic E-state index is 0.0740. The molecule has 2 N–H and O–H groups in total. The number of rotatable bonds is 4. The van der Waals surface area contributed by atoms with Crippen LogP contribution in [0.5, 0.6) is 5.75 Å². The second-order valence-electron chi connectivity index (χ2n) is 6.12. The highest BCUT2D eigenvalue weighted by Gasteiger charge is 2.17. The molecule has 2 heterocycles. The predicted molar refractivity (Wildman–Crippen MR) is 104 cm³/mol. The second-order valence-corrected chi connectivity index (χ2v) is 6.12. The molecular weight excluding hydrogens is 360 g/mol. The van der Waals surface area contributed by atoms with Crippen LogP contribution in [0.3, 0.4) is 0 Å². The van der Waals surface area contributed by atoms with Crippen molar-refractivity contribution in [3.63, 3.8) is 0 Å². The van der Waals surface area contributed by atoms with E-state index in [4.69, 9.17) is 4.74 Å². The zero-order valence-electron chi connectivity index (χ0n) is 15.8. The summed E-state index contributed by atoms with van der Waals surface area (Å²) in [7, 11) is 1.53. The van der Waals surface area contributed by atoms with Gasteiger partial charge in [0, 0.05) is 24.0 Å². The molecule has 0 radical (unpaired) electrons. The smallest absolute Gasteiger partial charge is 0.275 e. The maximum absolute atomic E-state index is 12.7. The number of hydrogen-bond donors (Lipinski definition) is 2. The lowest BCUT2D eigenvalue weighted by molar-refractivity contribution is 0.0845. The molecule has 0 saturated heterocycles. The normalized spacial score (nSPS) is 10.5. The molecule has 0 aliphatic carbocycles. The van der Waals surface area contributed by atoms with E-state index in [1.54, 1.807) is 41.0 Å². The monoisotopic (exact) mass is 380 g/mol. The largest absolute Gasteiger partial charge is 0.497 e. The predicted octanol–water partition coefficient (Wildman–Crippen LogP) is 1.81. The Morgan fingerprint density at radius 3 is 2.39 bits per heavy atom. The van der Waals surface area contributed by atoms with E-state index in [1.165, 1.54) is 13.3 Å². The van der Waals surface area contributed by atoms with Crippen LogP contribution in [0.2, 0.25) is 0 Å². The molecule has 28 heavy (non-hydrogen) atoms. The van der Waals surface area contributed by atoms with E-state index in [0.717, 1.165) is 5.69 Å². The molecule has 8 heteroatoms. The van der Waals surface area contributed by atoms with Gasteiger partial charge in [0.15, 0.2) is 0 Å². The van der Waals surface area contributed by atoms with Gasteiger partial charge in [-0.2, -0.15) is 0 Å². The maximum Gasteiger partial charge on any atom is 0.275 e. The van der Waals surface area contributed by atoms with Crippen LogP contribution < -0.4 is 21.0 Å². The van der Waals surface area contributed by atoms with Gasteiger partial charge in [0.05, 0.1) is 12.5 Å². The Morgan fingerprint density at radius 2 is 1.75 bits per heavy atom. The first-order valence-electron chi connectivity index (χ1n) is 8.70. The number of aryl methyl sites for hydroxylation is 2. The zero-order valence-corrected chi connectivity index (χ0v) is 15.8. The molecule has 2 aromatic heterocycles. The minimum atomic E-state index is -0.698. The molecule has 0 atom stereocenters. The lowest BCUT2D eigenvalue weighted by Crippen LogP contribution is -2.43. The zero-order chi connectivity index (χ0) is 20.3. The van der Waals surface area contributed by atoms with E-state index in [2.05, 4.69) is 15.8 Å². The SMILES string of the molecule is CCn1cc(C(=O)NNC(=O)c2ccc(OC)cc2)c(=O)c2ccc(C)nc21. The summed E-state index contributed by atoms with van der Waals surface area (Å²) in [5.41, 5.74) is 5.72. The average molecular weight is 380 g/mol. The third-order valence-electron chi connectivity index (χ3n) is 4.29. The van der Waals surface area contributed by atoms with Crippen molar-refractivity contribution < 1.29 is 14.3 Å². The number of methoxy groups -OCH3 is 1. The van der Waals surface area contributed by atoms with Crippen LogP contribution in [-0.4, -0.2) is 28.5 Å². The molecule has 0 saturated carbocycles. The summed E-state index contributed by atoms with van der Waals surface area (Å²) < 4.78 is 6.76. The van der Waals surface area contributed by atoms with Gasteiger partial charge in [0.25, 0.3) is 11.8 Å². The molecule has 0 fully saturated rings. The summed E-state index contributed by atoms with van der Waals surface area (Å²) in [5.74, 6) is -0.595. The summed E-state index contributed by atoms with van der Waals surface area (Å²) in [6, 6.07) is 9.77. The number of carbonyl (C=O) groups excluding carboxylic acids is 2. The fourth-order valence-electron chi connectivity index (χ4n) is 2.76. The Labute approximate surface area is 161 Å². The highest BCUT2D eigenvalue weighted by atomic mass is 16.5. The average Bonchev–Trinajstić information content (AvgIpc) is 2.72. The molecule has 0 unspecified atom stereocenters. The van der Waals surface area contributed by atoms with E-state index in [1.807, 2.05) is 13.8 Å². The fourth-order valence-corrected chi connectivity index (χ4v) is 2.76. The molecule has 0 aliphatic rings. The van der Waals surface area contributed by atoms with E-state index in [0.29, 0.717) is 28.9 Å². The van der Waals surface area contributed by atoms with Gasteiger partial charge < -0.3 is 9.30 Å². The topological polar surface area (TPSA) is 102 Å². The molecule has 1 aromatic carbocycles. The maximum atomic E-state index is 12.7. The van der Waals surface area contributed by atoms with Crippen LogP contribution in [0.25, 0.3) is 11.0 Å². The van der Waals surface area contributed by atoms with Crippen molar-refractivity contribution in [2.24, 2.45) is 0 Å². The number of benzene rings is 1. The Hall–Kier alpha value is -3.68. The number of carbonyl (C=O) groups is 2. The van der Waals surface area contributed by atoms with E-state index in [9.17, 15) is 14.4 Å². The van der Waals surface area contributed by atoms with Gasteiger partial charge in [-0.1, -0.05) is 0 Å². The molecule has 3 aromatic rings. The number of fused-ring (bicyclic) bond motifs is 1. The van der Waals surface area contributed by atoms with Gasteiger partial charge in [-0.05, 0) is 50.2 Å². The number of pyridine rings is 2. The van der Waals surface area contributed by atoms with Crippen molar-refractivity contribution in [1.82, 2.24) is 20.4 Å². The van der Waals surface area contributed by atoms with Crippen molar-refractivity contribution in [3.8, 4) is 5.75 Å². The Balaban J connectivity index is 1.83. The Kier molecular flexibility index (Phi) is 5.39. The highest BCUT2D eigenvalue weighted by molar-refractivity contribution is 6.00. The fraction of sp³-hybridized carbons (Fsp3) is 0.200. The number of hydrogen-bond acceptors (Lipinski definition) is 5. The lowest BCUT2D eigenvalue weighted by Gasteiger charge is -2.12. The van der Waals surface area contributed by atoms with Gasteiger partial charge in [-0.3, -0.25) is 25.2 Å². The molecule has 0 aliphatic heterocycles. The summed E-state index contributed by atoms with van der Waals surface area (Å²) in [5, 5.41) is 0.349. The number of aromatic nitrogens is 2. The van der Waals surface area contributed by atoms with Gasteiger partial charge in [0.1, 0.15) is 17.0 Å². The van der Waals surface area contributed by atoms with Crippen molar-refractivity contribution in [1.29, 1.82) is 0 Å².